The van der Waals surface area contributed by atoms with E-state index in [2.05, 4.69) is 16.0 Å². The van der Waals surface area contributed by atoms with E-state index in [-0.39, 0.29) is 18.2 Å². The third-order valence-corrected chi connectivity index (χ3v) is 6.34. The van der Waals surface area contributed by atoms with Gasteiger partial charge in [-0.25, -0.2) is 0 Å². The van der Waals surface area contributed by atoms with Gasteiger partial charge in [0.2, 0.25) is 17.6 Å². The molecule has 2 rings (SSSR count). The first-order valence-electron chi connectivity index (χ1n) is 12.8. The van der Waals surface area contributed by atoms with Crippen LogP contribution in [0, 0.1) is 11.8 Å². The van der Waals surface area contributed by atoms with Gasteiger partial charge in [0.25, 0.3) is 5.91 Å². The highest BCUT2D eigenvalue weighted by Gasteiger charge is 2.30. The van der Waals surface area contributed by atoms with Gasteiger partial charge in [-0.1, -0.05) is 76.3 Å². The van der Waals surface area contributed by atoms with Gasteiger partial charge in [-0.05, 0) is 37.2 Å². The quantitative estimate of drug-likeness (QED) is 0.384. The molecule has 0 bridgehead atoms. The second-order valence-electron chi connectivity index (χ2n) is 9.77. The summed E-state index contributed by atoms with van der Waals surface area (Å²) in [7, 11) is 0. The van der Waals surface area contributed by atoms with Crippen LogP contribution in [0.2, 0.25) is 0 Å². The third-order valence-electron chi connectivity index (χ3n) is 6.34. The van der Waals surface area contributed by atoms with Gasteiger partial charge in [0, 0.05) is 19.4 Å². The van der Waals surface area contributed by atoms with Crippen molar-refractivity contribution in [2.75, 3.05) is 6.54 Å². The number of hydrogen-bond donors (Lipinski definition) is 3. The van der Waals surface area contributed by atoms with E-state index in [4.69, 9.17) is 0 Å². The summed E-state index contributed by atoms with van der Waals surface area (Å²) in [5, 5.41) is 8.16. The fourth-order valence-electron chi connectivity index (χ4n) is 4.52. The molecule has 0 aliphatic heterocycles. The van der Waals surface area contributed by atoms with Crippen molar-refractivity contribution < 1.29 is 19.2 Å². The second kappa shape index (κ2) is 14.5. The minimum Gasteiger partial charge on any atom is -0.350 e. The molecule has 0 aromatic heterocycles. The second-order valence-corrected chi connectivity index (χ2v) is 9.77. The van der Waals surface area contributed by atoms with Gasteiger partial charge in [-0.15, -0.1) is 0 Å². The fraction of sp³-hybridized carbons (Fsp3) is 0.630. The largest absolute Gasteiger partial charge is 0.350 e. The molecule has 1 fully saturated rings. The molecule has 7 heteroatoms. The average molecular weight is 472 g/mol. The lowest BCUT2D eigenvalue weighted by Crippen LogP contribution is -2.54. The fourth-order valence-corrected chi connectivity index (χ4v) is 4.52. The molecular formula is C27H41N3O4. The molecule has 3 amide bonds. The van der Waals surface area contributed by atoms with Crippen molar-refractivity contribution in [3.05, 3.63) is 35.9 Å². The summed E-state index contributed by atoms with van der Waals surface area (Å²) in [6.45, 7) is 6.02. The molecule has 1 unspecified atom stereocenters. The topological polar surface area (TPSA) is 104 Å². The number of ketones is 1. The lowest BCUT2D eigenvalue weighted by atomic mass is 9.86. The van der Waals surface area contributed by atoms with E-state index in [1.165, 1.54) is 32.1 Å². The molecule has 1 aromatic carbocycles. The first kappa shape index (κ1) is 27.5. The highest BCUT2D eigenvalue weighted by atomic mass is 16.2. The maximum atomic E-state index is 13.2. The zero-order valence-electron chi connectivity index (χ0n) is 20.9. The van der Waals surface area contributed by atoms with Crippen LogP contribution in [-0.4, -0.2) is 42.1 Å². The van der Waals surface area contributed by atoms with Crippen molar-refractivity contribution in [1.82, 2.24) is 16.0 Å². The van der Waals surface area contributed by atoms with Gasteiger partial charge in [-0.2, -0.15) is 0 Å². The molecule has 1 aliphatic carbocycles. The molecule has 1 saturated carbocycles. The molecule has 0 heterocycles. The SMILES string of the molecule is CCNC(=O)C(=O)C(Cc1ccccc1)NC(=O)[C@H](CC(C)C)NC(=O)CCC1CCCCC1. The number of hydrogen-bond acceptors (Lipinski definition) is 4. The van der Waals surface area contributed by atoms with Crippen molar-refractivity contribution in [2.24, 2.45) is 11.8 Å². The lowest BCUT2D eigenvalue weighted by Gasteiger charge is -2.25. The summed E-state index contributed by atoms with van der Waals surface area (Å²) in [6.07, 6.45) is 7.98. The van der Waals surface area contributed by atoms with E-state index < -0.39 is 29.7 Å². The highest BCUT2D eigenvalue weighted by molar-refractivity contribution is 6.38. The molecule has 1 aliphatic rings. The van der Waals surface area contributed by atoms with Gasteiger partial charge in [-0.3, -0.25) is 19.2 Å². The van der Waals surface area contributed by atoms with Crippen molar-refractivity contribution in [3.8, 4) is 0 Å². The first-order valence-corrected chi connectivity index (χ1v) is 12.8. The van der Waals surface area contributed by atoms with E-state index in [1.54, 1.807) is 6.92 Å². The molecule has 7 nitrogen and oxygen atoms in total. The summed E-state index contributed by atoms with van der Waals surface area (Å²) >= 11 is 0. The molecule has 3 N–H and O–H groups in total. The normalized spacial score (nSPS) is 15.9. The first-order chi connectivity index (χ1) is 16.3. The number of Topliss-reactive ketones (excluding diaryl/α,β-unsaturated/α-hetero) is 1. The van der Waals surface area contributed by atoms with Gasteiger partial charge < -0.3 is 16.0 Å². The minimum absolute atomic E-state index is 0.138. The predicted molar refractivity (Wildman–Crippen MR) is 133 cm³/mol. The van der Waals surface area contributed by atoms with Crippen LogP contribution >= 0.6 is 0 Å². The number of carbonyl (C=O) groups is 4. The summed E-state index contributed by atoms with van der Waals surface area (Å²) < 4.78 is 0. The Balaban J connectivity index is 2.05. The number of rotatable bonds is 13. The van der Waals surface area contributed by atoms with E-state index in [1.807, 2.05) is 44.2 Å². The van der Waals surface area contributed by atoms with Crippen molar-refractivity contribution in [3.63, 3.8) is 0 Å². The molecule has 188 valence electrons. The van der Waals surface area contributed by atoms with Crippen LogP contribution in [0.4, 0.5) is 0 Å². The van der Waals surface area contributed by atoms with Crippen LogP contribution in [0.15, 0.2) is 30.3 Å². The summed E-state index contributed by atoms with van der Waals surface area (Å²) in [5.74, 6) is -1.23. The zero-order valence-corrected chi connectivity index (χ0v) is 20.9. The van der Waals surface area contributed by atoms with Crippen LogP contribution < -0.4 is 16.0 Å². The van der Waals surface area contributed by atoms with E-state index in [0.717, 1.165) is 12.0 Å². The maximum absolute atomic E-state index is 13.2. The molecule has 2 atom stereocenters. The van der Waals surface area contributed by atoms with E-state index in [0.29, 0.717) is 25.3 Å². The van der Waals surface area contributed by atoms with Gasteiger partial charge in [0.1, 0.15) is 12.1 Å². The van der Waals surface area contributed by atoms with Gasteiger partial charge in [0.15, 0.2) is 0 Å². The third kappa shape index (κ3) is 9.65. The molecule has 0 spiro atoms. The monoisotopic (exact) mass is 471 g/mol. The van der Waals surface area contributed by atoms with Crippen LogP contribution in [0.1, 0.15) is 77.7 Å². The summed E-state index contributed by atoms with van der Waals surface area (Å²) in [4.78, 5) is 50.9. The predicted octanol–water partition coefficient (Wildman–Crippen LogP) is 3.31. The Morgan fingerprint density at radius 3 is 2.24 bits per heavy atom. The maximum Gasteiger partial charge on any atom is 0.289 e. The average Bonchev–Trinajstić information content (AvgIpc) is 2.82. The standard InChI is InChI=1S/C27H41N3O4/c1-4-28-27(34)25(32)22(18-21-13-9-6-10-14-21)30-26(33)23(17-19(2)3)29-24(31)16-15-20-11-7-5-8-12-20/h6,9-10,13-14,19-20,22-23H,4-5,7-8,11-12,15-18H2,1-3H3,(H,28,34)(H,29,31)(H,30,33)/t22?,23-/m0/s1. The smallest absolute Gasteiger partial charge is 0.289 e. The van der Waals surface area contributed by atoms with Crippen LogP contribution in [0.5, 0.6) is 0 Å². The molecule has 0 radical (unpaired) electrons. The number of carbonyl (C=O) groups excluding carboxylic acids is 4. The minimum atomic E-state index is -1.00. The zero-order chi connectivity index (χ0) is 24.9. The number of likely N-dealkylation sites (N-methyl/N-ethyl adjacent to an activating group) is 1. The number of benzene rings is 1. The van der Waals surface area contributed by atoms with Crippen LogP contribution in [-0.2, 0) is 25.6 Å². The Labute approximate surface area is 203 Å². The molecule has 34 heavy (non-hydrogen) atoms. The van der Waals surface area contributed by atoms with Crippen molar-refractivity contribution in [2.45, 2.75) is 90.6 Å². The molecule has 1 aromatic rings. The number of nitrogens with one attached hydrogen (secondary N) is 3. The van der Waals surface area contributed by atoms with Crippen LogP contribution in [0.25, 0.3) is 0 Å². The Kier molecular flexibility index (Phi) is 11.8. The molecule has 0 saturated heterocycles. The van der Waals surface area contributed by atoms with Gasteiger partial charge in [0.05, 0.1) is 0 Å². The van der Waals surface area contributed by atoms with Gasteiger partial charge >= 0.3 is 0 Å². The van der Waals surface area contributed by atoms with Crippen LogP contribution in [0.3, 0.4) is 0 Å². The van der Waals surface area contributed by atoms with Crippen molar-refractivity contribution in [1.29, 1.82) is 0 Å². The highest BCUT2D eigenvalue weighted by Crippen LogP contribution is 2.27. The van der Waals surface area contributed by atoms with E-state index >= 15 is 0 Å². The van der Waals surface area contributed by atoms with Crippen molar-refractivity contribution >= 4 is 23.5 Å². The van der Waals surface area contributed by atoms with E-state index in [9.17, 15) is 19.2 Å². The Bertz CT molecular complexity index is 803. The lowest BCUT2D eigenvalue weighted by molar-refractivity contribution is -0.140. The number of amides is 3. The Morgan fingerprint density at radius 2 is 1.62 bits per heavy atom. The molecular weight excluding hydrogens is 430 g/mol. The Hall–Kier alpha value is -2.70. The Morgan fingerprint density at radius 1 is 0.941 bits per heavy atom. The summed E-state index contributed by atoms with van der Waals surface area (Å²) in [6, 6.07) is 7.50. The summed E-state index contributed by atoms with van der Waals surface area (Å²) in [5.41, 5.74) is 0.836.